The van der Waals surface area contributed by atoms with E-state index < -0.39 is 0 Å². The van der Waals surface area contributed by atoms with Gasteiger partial charge in [0.25, 0.3) is 5.91 Å². The highest BCUT2D eigenvalue weighted by atomic mass is 16.5. The Balaban J connectivity index is 2.61. The maximum atomic E-state index is 11.8. The highest BCUT2D eigenvalue weighted by Gasteiger charge is 2.16. The van der Waals surface area contributed by atoms with Crippen molar-refractivity contribution in [3.8, 4) is 0 Å². The van der Waals surface area contributed by atoms with Gasteiger partial charge in [0.2, 0.25) is 0 Å². The summed E-state index contributed by atoms with van der Waals surface area (Å²) in [7, 11) is 3.35. The van der Waals surface area contributed by atoms with E-state index in [9.17, 15) is 4.79 Å². The van der Waals surface area contributed by atoms with Gasteiger partial charge in [-0.05, 0) is 24.5 Å². The molecule has 0 aliphatic heterocycles. The molecule has 1 amide bonds. The zero-order valence-electron chi connectivity index (χ0n) is 11.1. The molecular weight excluding hydrogens is 214 g/mol. The number of rotatable bonds is 5. The first-order valence-electron chi connectivity index (χ1n) is 5.94. The number of ether oxygens (including phenoxy) is 1. The van der Waals surface area contributed by atoms with Crippen LogP contribution in [0.4, 0.5) is 0 Å². The SMILES string of the molecule is CCc1ccc(CN(C)C(=O)C(C)OC)cc1. The number of carbonyl (C=O) groups is 1. The molecule has 3 heteroatoms. The number of hydrogen-bond acceptors (Lipinski definition) is 2. The zero-order chi connectivity index (χ0) is 12.8. The summed E-state index contributed by atoms with van der Waals surface area (Å²) < 4.78 is 5.02. The van der Waals surface area contributed by atoms with E-state index in [2.05, 4.69) is 31.2 Å². The quantitative estimate of drug-likeness (QED) is 0.783. The van der Waals surface area contributed by atoms with E-state index in [-0.39, 0.29) is 12.0 Å². The lowest BCUT2D eigenvalue weighted by molar-refractivity contribution is -0.140. The monoisotopic (exact) mass is 235 g/mol. The Morgan fingerprint density at radius 2 is 1.82 bits per heavy atom. The van der Waals surface area contributed by atoms with Crippen LogP contribution >= 0.6 is 0 Å². The summed E-state index contributed by atoms with van der Waals surface area (Å²) in [6, 6.07) is 8.35. The van der Waals surface area contributed by atoms with E-state index in [1.807, 2.05) is 0 Å². The van der Waals surface area contributed by atoms with Crippen LogP contribution in [0.1, 0.15) is 25.0 Å². The normalized spacial score (nSPS) is 12.2. The topological polar surface area (TPSA) is 29.5 Å². The summed E-state index contributed by atoms with van der Waals surface area (Å²) >= 11 is 0. The lowest BCUT2D eigenvalue weighted by Gasteiger charge is -2.20. The Hall–Kier alpha value is -1.35. The van der Waals surface area contributed by atoms with Crippen LogP contribution in [-0.4, -0.2) is 31.1 Å². The first-order chi connectivity index (χ1) is 8.08. The lowest BCUT2D eigenvalue weighted by Crippen LogP contribution is -2.35. The van der Waals surface area contributed by atoms with Gasteiger partial charge in [-0.15, -0.1) is 0 Å². The van der Waals surface area contributed by atoms with Crippen molar-refractivity contribution < 1.29 is 9.53 Å². The Morgan fingerprint density at radius 3 is 2.29 bits per heavy atom. The van der Waals surface area contributed by atoms with Crippen molar-refractivity contribution in [2.45, 2.75) is 32.9 Å². The van der Waals surface area contributed by atoms with Gasteiger partial charge in [-0.3, -0.25) is 4.79 Å². The van der Waals surface area contributed by atoms with Gasteiger partial charge in [-0.1, -0.05) is 31.2 Å². The maximum absolute atomic E-state index is 11.8. The largest absolute Gasteiger partial charge is 0.372 e. The van der Waals surface area contributed by atoms with Crippen LogP contribution in [0.15, 0.2) is 24.3 Å². The van der Waals surface area contributed by atoms with Gasteiger partial charge in [0.05, 0.1) is 0 Å². The van der Waals surface area contributed by atoms with Crippen molar-refractivity contribution in [3.05, 3.63) is 35.4 Å². The predicted octanol–water partition coefficient (Wildman–Crippen LogP) is 2.24. The Morgan fingerprint density at radius 1 is 1.29 bits per heavy atom. The second-order valence-electron chi connectivity index (χ2n) is 4.24. The molecule has 3 nitrogen and oxygen atoms in total. The third-order valence-electron chi connectivity index (χ3n) is 2.93. The van der Waals surface area contributed by atoms with Gasteiger partial charge in [0.15, 0.2) is 0 Å². The van der Waals surface area contributed by atoms with E-state index in [4.69, 9.17) is 4.74 Å². The molecule has 0 heterocycles. The third kappa shape index (κ3) is 3.86. The molecule has 0 radical (unpaired) electrons. The maximum Gasteiger partial charge on any atom is 0.251 e. The average Bonchev–Trinajstić information content (AvgIpc) is 2.37. The fraction of sp³-hybridized carbons (Fsp3) is 0.500. The molecule has 0 spiro atoms. The molecule has 1 aromatic rings. The fourth-order valence-corrected chi connectivity index (χ4v) is 1.64. The number of amides is 1. The van der Waals surface area contributed by atoms with Gasteiger partial charge >= 0.3 is 0 Å². The molecule has 0 N–H and O–H groups in total. The molecule has 0 fully saturated rings. The zero-order valence-corrected chi connectivity index (χ0v) is 11.1. The molecule has 1 aromatic carbocycles. The van der Waals surface area contributed by atoms with Gasteiger partial charge in [-0.25, -0.2) is 0 Å². The summed E-state index contributed by atoms with van der Waals surface area (Å²) in [5, 5.41) is 0. The number of hydrogen-bond donors (Lipinski definition) is 0. The molecular formula is C14H21NO2. The molecule has 17 heavy (non-hydrogen) atoms. The molecule has 1 unspecified atom stereocenters. The van der Waals surface area contributed by atoms with Gasteiger partial charge < -0.3 is 9.64 Å². The van der Waals surface area contributed by atoms with E-state index in [1.54, 1.807) is 26.0 Å². The van der Waals surface area contributed by atoms with Crippen molar-refractivity contribution >= 4 is 5.91 Å². The van der Waals surface area contributed by atoms with Crippen LogP contribution in [-0.2, 0) is 22.5 Å². The van der Waals surface area contributed by atoms with Crippen LogP contribution in [0.3, 0.4) is 0 Å². The molecule has 0 aliphatic carbocycles. The second-order valence-corrected chi connectivity index (χ2v) is 4.24. The highest BCUT2D eigenvalue weighted by molar-refractivity contribution is 5.80. The molecule has 94 valence electrons. The predicted molar refractivity (Wildman–Crippen MR) is 68.8 cm³/mol. The first kappa shape index (κ1) is 13.7. The molecule has 0 bridgehead atoms. The third-order valence-corrected chi connectivity index (χ3v) is 2.93. The van der Waals surface area contributed by atoms with Crippen LogP contribution in [0.25, 0.3) is 0 Å². The number of carbonyl (C=O) groups excluding carboxylic acids is 1. The van der Waals surface area contributed by atoms with Crippen molar-refractivity contribution in [1.29, 1.82) is 0 Å². The Labute approximate surface area is 103 Å². The summed E-state index contributed by atoms with van der Waals surface area (Å²) in [4.78, 5) is 13.5. The van der Waals surface area contributed by atoms with E-state index in [0.29, 0.717) is 6.54 Å². The van der Waals surface area contributed by atoms with E-state index in [0.717, 1.165) is 12.0 Å². The van der Waals surface area contributed by atoms with Gasteiger partial charge in [0.1, 0.15) is 6.10 Å². The molecule has 0 aliphatic rings. The summed E-state index contributed by atoms with van der Waals surface area (Å²) in [5.74, 6) is 0.00654. The van der Waals surface area contributed by atoms with E-state index >= 15 is 0 Å². The van der Waals surface area contributed by atoms with Crippen molar-refractivity contribution in [2.75, 3.05) is 14.2 Å². The number of nitrogens with zero attached hydrogens (tertiary/aromatic N) is 1. The molecule has 0 saturated heterocycles. The summed E-state index contributed by atoms with van der Waals surface area (Å²) in [5.41, 5.74) is 2.45. The summed E-state index contributed by atoms with van der Waals surface area (Å²) in [6.07, 6.45) is 0.658. The molecule has 1 rings (SSSR count). The van der Waals surface area contributed by atoms with E-state index in [1.165, 1.54) is 5.56 Å². The smallest absolute Gasteiger partial charge is 0.251 e. The summed E-state index contributed by atoms with van der Waals surface area (Å²) in [6.45, 7) is 4.51. The van der Waals surface area contributed by atoms with Crippen molar-refractivity contribution in [1.82, 2.24) is 4.90 Å². The van der Waals surface area contributed by atoms with Crippen LogP contribution in [0.2, 0.25) is 0 Å². The highest BCUT2D eigenvalue weighted by Crippen LogP contribution is 2.08. The standard InChI is InChI=1S/C14H21NO2/c1-5-12-6-8-13(9-7-12)10-15(3)14(16)11(2)17-4/h6-9,11H,5,10H2,1-4H3. The minimum Gasteiger partial charge on any atom is -0.372 e. The minimum atomic E-state index is -0.380. The Kier molecular flexibility index (Phi) is 5.16. The number of likely N-dealkylation sites (N-methyl/N-ethyl adjacent to an activating group) is 1. The van der Waals surface area contributed by atoms with Gasteiger partial charge in [-0.2, -0.15) is 0 Å². The minimum absolute atomic E-state index is 0.00654. The number of benzene rings is 1. The number of methoxy groups -OCH3 is 1. The van der Waals surface area contributed by atoms with Gasteiger partial charge in [0, 0.05) is 20.7 Å². The van der Waals surface area contributed by atoms with Crippen LogP contribution in [0.5, 0.6) is 0 Å². The molecule has 1 atom stereocenters. The van der Waals surface area contributed by atoms with Crippen molar-refractivity contribution in [2.24, 2.45) is 0 Å². The Bertz CT molecular complexity index is 359. The number of aryl methyl sites for hydroxylation is 1. The molecule has 0 saturated carbocycles. The average molecular weight is 235 g/mol. The molecule has 0 aromatic heterocycles. The van der Waals surface area contributed by atoms with Crippen LogP contribution < -0.4 is 0 Å². The van der Waals surface area contributed by atoms with Crippen molar-refractivity contribution in [3.63, 3.8) is 0 Å². The first-order valence-corrected chi connectivity index (χ1v) is 5.94. The lowest BCUT2D eigenvalue weighted by atomic mass is 10.1. The van der Waals surface area contributed by atoms with Crippen LogP contribution in [0, 0.1) is 0 Å². The second kappa shape index (κ2) is 6.40. The fourth-order valence-electron chi connectivity index (χ4n) is 1.64.